The zero-order valence-corrected chi connectivity index (χ0v) is 12.9. The Labute approximate surface area is 125 Å². The number of ether oxygens (including phenoxy) is 2. The van der Waals surface area contributed by atoms with Gasteiger partial charge >= 0.3 is 12.1 Å². The number of carbonyl (C=O) groups is 2. The Balaban J connectivity index is 2.09. The van der Waals surface area contributed by atoms with Gasteiger partial charge in [-0.05, 0) is 20.8 Å². The third-order valence-corrected chi connectivity index (χ3v) is 3.08. The van der Waals surface area contributed by atoms with Gasteiger partial charge in [-0.2, -0.15) is 0 Å². The molecule has 114 valence electrons. The number of cyclic esters (lactones) is 1. The average molecular weight is 312 g/mol. The van der Waals surface area contributed by atoms with E-state index in [1.807, 2.05) is 0 Å². The lowest BCUT2D eigenvalue weighted by Crippen LogP contribution is -2.27. The first-order valence-corrected chi connectivity index (χ1v) is 7.08. The molecule has 0 aliphatic carbocycles. The van der Waals surface area contributed by atoms with Gasteiger partial charge < -0.3 is 14.6 Å². The van der Waals surface area contributed by atoms with Crippen molar-refractivity contribution in [2.75, 3.05) is 5.32 Å². The fourth-order valence-electron chi connectivity index (χ4n) is 1.62. The second-order valence-corrected chi connectivity index (χ2v) is 6.53. The highest BCUT2D eigenvalue weighted by atomic mass is 32.1. The topological polar surface area (TPSA) is 97.8 Å². The molecule has 2 N–H and O–H groups in total. The van der Waals surface area contributed by atoms with Crippen LogP contribution in [0.5, 0.6) is 0 Å². The Bertz CT molecular complexity index is 612. The Hall–Kier alpha value is -1.93. The molecule has 1 unspecified atom stereocenters. The van der Waals surface area contributed by atoms with Crippen molar-refractivity contribution in [3.05, 3.63) is 17.2 Å². The molecule has 0 aromatic carbocycles. The molecule has 2 rings (SSSR count). The highest BCUT2D eigenvalue weighted by Crippen LogP contribution is 2.30. The number of aromatic nitrogens is 1. The number of nitrogens with one attached hydrogen (secondary N) is 1. The normalized spacial score (nSPS) is 21.8. The van der Waals surface area contributed by atoms with Gasteiger partial charge in [-0.1, -0.05) is 0 Å². The fourth-order valence-corrected chi connectivity index (χ4v) is 2.32. The second-order valence-electron chi connectivity index (χ2n) is 5.67. The summed E-state index contributed by atoms with van der Waals surface area (Å²) in [6.45, 7) is 6.61. The van der Waals surface area contributed by atoms with Gasteiger partial charge in [-0.25, -0.2) is 14.6 Å². The average Bonchev–Trinajstić information content (AvgIpc) is 2.79. The second kappa shape index (κ2) is 5.12. The van der Waals surface area contributed by atoms with Gasteiger partial charge in [0.1, 0.15) is 5.60 Å². The minimum Gasteiger partial charge on any atom is -0.444 e. The van der Waals surface area contributed by atoms with Gasteiger partial charge in [0.15, 0.2) is 5.13 Å². The van der Waals surface area contributed by atoms with Crippen LogP contribution in [0.3, 0.4) is 0 Å². The molecule has 0 bridgehead atoms. The fraction of sp³-hybridized carbons (Fsp3) is 0.462. The summed E-state index contributed by atoms with van der Waals surface area (Å²) in [5.41, 5.74) is -0.122. The van der Waals surface area contributed by atoms with Crippen LogP contribution in [0.4, 0.5) is 9.93 Å². The maximum absolute atomic E-state index is 11.6. The van der Waals surface area contributed by atoms with Crippen LogP contribution < -0.4 is 5.32 Å². The van der Waals surface area contributed by atoms with Crippen LogP contribution in [-0.2, 0) is 14.3 Å². The largest absolute Gasteiger partial charge is 0.444 e. The van der Waals surface area contributed by atoms with Crippen LogP contribution >= 0.6 is 11.3 Å². The van der Waals surface area contributed by atoms with Crippen molar-refractivity contribution in [2.45, 2.75) is 39.1 Å². The summed E-state index contributed by atoms with van der Waals surface area (Å²) >= 11 is 1.14. The van der Waals surface area contributed by atoms with Gasteiger partial charge in [0, 0.05) is 18.4 Å². The molecule has 7 nitrogen and oxygen atoms in total. The maximum Gasteiger partial charge on any atom is 0.413 e. The molecular formula is C13H16N2O5S. The molecule has 0 fully saturated rings. The van der Waals surface area contributed by atoms with Crippen LogP contribution in [0.2, 0.25) is 0 Å². The number of hydrogen-bond acceptors (Lipinski definition) is 7. The Morgan fingerprint density at radius 2 is 2.19 bits per heavy atom. The highest BCUT2D eigenvalue weighted by Gasteiger charge is 2.35. The molecule has 8 heteroatoms. The van der Waals surface area contributed by atoms with Crippen molar-refractivity contribution in [3.8, 4) is 0 Å². The Morgan fingerprint density at radius 1 is 1.52 bits per heavy atom. The smallest absolute Gasteiger partial charge is 0.413 e. The molecule has 1 aliphatic heterocycles. The molecule has 1 aromatic heterocycles. The lowest BCUT2D eigenvalue weighted by molar-refractivity contribution is -0.171. The number of thiazole rings is 1. The zero-order valence-electron chi connectivity index (χ0n) is 12.1. The van der Waals surface area contributed by atoms with Crippen molar-refractivity contribution in [3.63, 3.8) is 0 Å². The van der Waals surface area contributed by atoms with Gasteiger partial charge in [0.25, 0.3) is 0 Å². The summed E-state index contributed by atoms with van der Waals surface area (Å²) in [7, 11) is 0. The predicted molar refractivity (Wildman–Crippen MR) is 76.7 cm³/mol. The predicted octanol–water partition coefficient (Wildman–Crippen LogP) is 2.14. The van der Waals surface area contributed by atoms with Crippen molar-refractivity contribution >= 4 is 34.1 Å². The monoisotopic (exact) mass is 312 g/mol. The van der Waals surface area contributed by atoms with Crippen LogP contribution in [0.25, 0.3) is 5.57 Å². The van der Waals surface area contributed by atoms with E-state index in [2.05, 4.69) is 10.3 Å². The van der Waals surface area contributed by atoms with E-state index < -0.39 is 23.5 Å². The molecule has 2 heterocycles. The van der Waals surface area contributed by atoms with Crippen molar-refractivity contribution in [1.82, 2.24) is 4.98 Å². The molecular weight excluding hydrogens is 296 g/mol. The molecule has 1 atom stereocenters. The summed E-state index contributed by atoms with van der Waals surface area (Å²) in [5.74, 6) is -2.29. The third kappa shape index (κ3) is 4.02. The van der Waals surface area contributed by atoms with E-state index in [0.717, 1.165) is 11.3 Å². The summed E-state index contributed by atoms with van der Waals surface area (Å²) in [6, 6.07) is 0. The zero-order chi connectivity index (χ0) is 15.8. The molecule has 0 saturated carbocycles. The Kier molecular flexibility index (Phi) is 3.77. The first kappa shape index (κ1) is 15.5. The Morgan fingerprint density at radius 3 is 2.71 bits per heavy atom. The number of hydrogen-bond donors (Lipinski definition) is 2. The molecule has 21 heavy (non-hydrogen) atoms. The van der Waals surface area contributed by atoms with Crippen LogP contribution in [0, 0.1) is 0 Å². The van der Waals surface area contributed by atoms with E-state index in [-0.39, 0.29) is 5.57 Å². The number of nitrogens with zero attached hydrogens (tertiary/aromatic N) is 1. The first-order chi connectivity index (χ1) is 9.56. The lowest BCUT2D eigenvalue weighted by atomic mass is 10.2. The molecule has 1 amide bonds. The van der Waals surface area contributed by atoms with Gasteiger partial charge in [0.05, 0.1) is 11.3 Å². The van der Waals surface area contributed by atoms with E-state index >= 15 is 0 Å². The van der Waals surface area contributed by atoms with E-state index in [9.17, 15) is 14.7 Å². The van der Waals surface area contributed by atoms with Crippen molar-refractivity contribution < 1.29 is 24.2 Å². The number of rotatable bonds is 2. The molecule has 0 spiro atoms. The van der Waals surface area contributed by atoms with Crippen LogP contribution in [0.15, 0.2) is 11.5 Å². The van der Waals surface area contributed by atoms with Crippen molar-refractivity contribution in [2.24, 2.45) is 0 Å². The number of carbonyl (C=O) groups excluding carboxylic acids is 2. The minimum absolute atomic E-state index is 0.161. The lowest BCUT2D eigenvalue weighted by Gasteiger charge is -2.18. The van der Waals surface area contributed by atoms with E-state index in [1.165, 1.54) is 13.0 Å². The quantitative estimate of drug-likeness (QED) is 0.812. The maximum atomic E-state index is 11.6. The van der Waals surface area contributed by atoms with Gasteiger partial charge in [0.2, 0.25) is 5.79 Å². The van der Waals surface area contributed by atoms with E-state index in [4.69, 9.17) is 9.47 Å². The van der Waals surface area contributed by atoms with Gasteiger partial charge in [-0.15, -0.1) is 11.3 Å². The highest BCUT2D eigenvalue weighted by molar-refractivity contribution is 7.14. The van der Waals surface area contributed by atoms with Gasteiger partial charge in [-0.3, -0.25) is 5.32 Å². The molecule has 0 saturated heterocycles. The summed E-state index contributed by atoms with van der Waals surface area (Å²) < 4.78 is 9.85. The number of aliphatic hydroxyl groups is 1. The number of esters is 1. The van der Waals surface area contributed by atoms with Crippen LogP contribution in [0.1, 0.15) is 33.4 Å². The summed E-state index contributed by atoms with van der Waals surface area (Å²) in [4.78, 5) is 27.3. The number of amides is 1. The molecule has 1 aromatic rings. The van der Waals surface area contributed by atoms with E-state index in [1.54, 1.807) is 26.2 Å². The van der Waals surface area contributed by atoms with Crippen LogP contribution in [-0.4, -0.2) is 33.5 Å². The molecule has 1 aliphatic rings. The third-order valence-electron chi connectivity index (χ3n) is 2.32. The number of anilines is 1. The molecule has 0 radical (unpaired) electrons. The van der Waals surface area contributed by atoms with Crippen molar-refractivity contribution in [1.29, 1.82) is 0 Å². The summed E-state index contributed by atoms with van der Waals surface area (Å²) in [6.07, 6.45) is 0.653. The minimum atomic E-state index is -1.63. The first-order valence-electron chi connectivity index (χ1n) is 6.20. The SMILES string of the molecule is CC(C)(C)OC(=O)Nc1nc(C2=CC(C)(O)OC2=O)cs1. The van der Waals surface area contributed by atoms with E-state index in [0.29, 0.717) is 10.8 Å². The standard InChI is InChI=1S/C13H16N2O5S/c1-12(2,3)20-11(17)15-10-14-8(6-21-10)7-5-13(4,18)19-9(7)16/h5-6,18H,1-4H3,(H,14,15,17). The summed E-state index contributed by atoms with van der Waals surface area (Å²) in [5, 5.41) is 14.0.